The number of piperazine rings is 1. The monoisotopic (exact) mass is 476 g/mol. The smallest absolute Gasteiger partial charge is 0.222 e. The molecule has 0 bridgehead atoms. The molecule has 0 radical (unpaired) electrons. The topological polar surface area (TPSA) is 23.6 Å². The van der Waals surface area contributed by atoms with Crippen LogP contribution in [0.5, 0.6) is 0 Å². The Morgan fingerprint density at radius 3 is 2.36 bits per heavy atom. The second-order valence-corrected chi connectivity index (χ2v) is 11.1. The first-order chi connectivity index (χ1) is 16.1. The number of para-hydroxylation sites is 1. The number of rotatable bonds is 8. The Bertz CT molecular complexity index is 1060. The molecule has 0 aliphatic carbocycles. The van der Waals surface area contributed by atoms with Crippen LogP contribution < -0.4 is 10.2 Å². The molecule has 1 fully saturated rings. The zero-order chi connectivity index (χ0) is 23.0. The van der Waals surface area contributed by atoms with Crippen LogP contribution in [0.4, 0.5) is 5.69 Å². The highest BCUT2D eigenvalue weighted by Crippen LogP contribution is 2.37. The van der Waals surface area contributed by atoms with Gasteiger partial charge < -0.3 is 9.80 Å². The van der Waals surface area contributed by atoms with Gasteiger partial charge in [0.25, 0.3) is 0 Å². The maximum absolute atomic E-state index is 12.7. The minimum atomic E-state index is 0.311. The van der Waals surface area contributed by atoms with Gasteiger partial charge in [0.1, 0.15) is 0 Å². The first kappa shape index (κ1) is 23.9. The summed E-state index contributed by atoms with van der Waals surface area (Å²) in [5, 5.41) is 1.39. The summed E-state index contributed by atoms with van der Waals surface area (Å²) >= 11 is 1.84. The van der Waals surface area contributed by atoms with Crippen molar-refractivity contribution < 1.29 is 4.79 Å². The Hall–Kier alpha value is -2.29. The number of hydrogen-bond donors (Lipinski definition) is 0. The number of hydrogen-bond acceptors (Lipinski definition) is 3. The van der Waals surface area contributed by atoms with Crippen molar-refractivity contribution in [3.63, 3.8) is 0 Å². The maximum Gasteiger partial charge on any atom is 0.222 e. The van der Waals surface area contributed by atoms with E-state index in [0.29, 0.717) is 12.3 Å². The van der Waals surface area contributed by atoms with Crippen molar-refractivity contribution in [3.05, 3.63) is 83.9 Å². The number of amides is 1. The van der Waals surface area contributed by atoms with E-state index < -0.39 is 0 Å². The molecular weight excluding hydrogens is 443 g/mol. The molecule has 1 saturated heterocycles. The molecule has 0 spiro atoms. The van der Waals surface area contributed by atoms with Gasteiger partial charge in [-0.1, -0.05) is 80.5 Å². The Morgan fingerprint density at radius 2 is 1.61 bits per heavy atom. The SMILES string of the molecule is Cc1ccc(Sc2ccccc2N2CCN(C(=O)CCCPc3ccccc3)CC2)c(C)c1. The first-order valence-electron chi connectivity index (χ1n) is 11.8. The largest absolute Gasteiger partial charge is 0.367 e. The van der Waals surface area contributed by atoms with Gasteiger partial charge in [-0.25, -0.2) is 0 Å². The van der Waals surface area contributed by atoms with Gasteiger partial charge in [0, 0.05) is 42.4 Å². The molecule has 1 aliphatic heterocycles. The van der Waals surface area contributed by atoms with Crippen LogP contribution in [-0.2, 0) is 4.79 Å². The highest BCUT2D eigenvalue weighted by Gasteiger charge is 2.22. The standard InChI is InChI=1S/C28H33N2OPS/c1-22-14-15-26(23(2)21-22)33-27-12-7-6-11-25(27)29-16-18-30(19-17-29)28(31)13-8-20-32-24-9-4-3-5-10-24/h3-7,9-12,14-15,21,32H,8,13,16-20H2,1-2H3. The van der Waals surface area contributed by atoms with Crippen LogP contribution in [0, 0.1) is 13.8 Å². The van der Waals surface area contributed by atoms with Gasteiger partial charge in [0.2, 0.25) is 5.91 Å². The fourth-order valence-electron chi connectivity index (χ4n) is 4.22. The zero-order valence-corrected chi connectivity index (χ0v) is 21.4. The van der Waals surface area contributed by atoms with Gasteiger partial charge >= 0.3 is 0 Å². The van der Waals surface area contributed by atoms with Crippen LogP contribution in [-0.4, -0.2) is 43.1 Å². The Labute approximate surface area is 204 Å². The predicted octanol–water partition coefficient (Wildman–Crippen LogP) is 5.89. The molecule has 0 aromatic heterocycles. The van der Waals surface area contributed by atoms with Gasteiger partial charge in [0.15, 0.2) is 0 Å². The van der Waals surface area contributed by atoms with Gasteiger partial charge in [-0.3, -0.25) is 4.79 Å². The molecule has 4 rings (SSSR count). The summed E-state index contributed by atoms with van der Waals surface area (Å²) < 4.78 is 0. The lowest BCUT2D eigenvalue weighted by molar-refractivity contribution is -0.131. The van der Waals surface area contributed by atoms with E-state index in [0.717, 1.165) is 47.3 Å². The molecular formula is C28H33N2OPS. The van der Waals surface area contributed by atoms with Crippen LogP contribution in [0.1, 0.15) is 24.0 Å². The van der Waals surface area contributed by atoms with Gasteiger partial charge in [-0.2, -0.15) is 0 Å². The van der Waals surface area contributed by atoms with E-state index in [9.17, 15) is 4.79 Å². The van der Waals surface area contributed by atoms with Crippen molar-refractivity contribution in [2.45, 2.75) is 36.5 Å². The second kappa shape index (κ2) is 11.7. The fraction of sp³-hybridized carbons (Fsp3) is 0.321. The van der Waals surface area contributed by atoms with E-state index in [2.05, 4.69) is 96.4 Å². The summed E-state index contributed by atoms with van der Waals surface area (Å²) in [6.07, 6.45) is 2.74. The summed E-state index contributed by atoms with van der Waals surface area (Å²) in [7, 11) is 0.793. The highest BCUT2D eigenvalue weighted by molar-refractivity contribution is 7.99. The summed E-state index contributed by atoms with van der Waals surface area (Å²) in [4.78, 5) is 19.8. The Balaban J connectivity index is 1.28. The van der Waals surface area contributed by atoms with Crippen molar-refractivity contribution in [1.29, 1.82) is 0 Å². The minimum absolute atomic E-state index is 0.311. The number of anilines is 1. The third-order valence-electron chi connectivity index (χ3n) is 6.06. The molecule has 1 heterocycles. The Morgan fingerprint density at radius 1 is 0.879 bits per heavy atom. The average molecular weight is 477 g/mol. The van der Waals surface area contributed by atoms with Gasteiger partial charge in [0.05, 0.1) is 5.69 Å². The number of benzene rings is 3. The molecule has 33 heavy (non-hydrogen) atoms. The quantitative estimate of drug-likeness (QED) is 0.299. The van der Waals surface area contributed by atoms with E-state index in [1.54, 1.807) is 0 Å². The molecule has 172 valence electrons. The van der Waals surface area contributed by atoms with Crippen LogP contribution in [0.15, 0.2) is 82.6 Å². The average Bonchev–Trinajstić information content (AvgIpc) is 2.84. The van der Waals surface area contributed by atoms with Crippen molar-refractivity contribution in [3.8, 4) is 0 Å². The Kier molecular flexibility index (Phi) is 8.47. The van der Waals surface area contributed by atoms with E-state index in [1.165, 1.54) is 31.9 Å². The van der Waals surface area contributed by atoms with E-state index >= 15 is 0 Å². The number of nitrogens with zero attached hydrogens (tertiary/aromatic N) is 2. The van der Waals surface area contributed by atoms with Gasteiger partial charge in [-0.05, 0) is 55.5 Å². The molecule has 1 atom stereocenters. The van der Waals surface area contributed by atoms with Crippen LogP contribution in [0.3, 0.4) is 0 Å². The third-order valence-corrected chi connectivity index (χ3v) is 8.65. The normalized spacial score (nSPS) is 14.2. The predicted molar refractivity (Wildman–Crippen MR) is 144 cm³/mol. The summed E-state index contributed by atoms with van der Waals surface area (Å²) in [6, 6.07) is 25.9. The molecule has 1 amide bonds. The third kappa shape index (κ3) is 6.62. The number of carbonyl (C=O) groups is 1. The number of aryl methyl sites for hydroxylation is 2. The molecule has 5 heteroatoms. The van der Waals surface area contributed by atoms with Gasteiger partial charge in [-0.15, -0.1) is 0 Å². The fourth-order valence-corrected chi connectivity index (χ4v) is 6.33. The maximum atomic E-state index is 12.7. The van der Waals surface area contributed by atoms with E-state index in [-0.39, 0.29) is 0 Å². The lowest BCUT2D eigenvalue weighted by atomic mass is 10.2. The minimum Gasteiger partial charge on any atom is -0.367 e. The van der Waals surface area contributed by atoms with Crippen LogP contribution in [0.25, 0.3) is 0 Å². The molecule has 1 aliphatic rings. The number of carbonyl (C=O) groups excluding carboxylic acids is 1. The molecule has 3 aromatic carbocycles. The first-order valence-corrected chi connectivity index (χ1v) is 13.8. The summed E-state index contributed by atoms with van der Waals surface area (Å²) in [5.74, 6) is 0.311. The lowest BCUT2D eigenvalue weighted by Gasteiger charge is -2.37. The molecule has 0 saturated carbocycles. The van der Waals surface area contributed by atoms with E-state index in [4.69, 9.17) is 0 Å². The van der Waals surface area contributed by atoms with Crippen molar-refractivity contribution >= 4 is 37.2 Å². The van der Waals surface area contributed by atoms with E-state index in [1.807, 2.05) is 11.8 Å². The second-order valence-electron chi connectivity index (χ2n) is 8.60. The molecule has 3 aromatic rings. The van der Waals surface area contributed by atoms with Crippen molar-refractivity contribution in [2.75, 3.05) is 37.2 Å². The lowest BCUT2D eigenvalue weighted by Crippen LogP contribution is -2.48. The molecule has 0 N–H and O–H groups in total. The summed E-state index contributed by atoms with van der Waals surface area (Å²) in [6.45, 7) is 7.72. The molecule has 3 nitrogen and oxygen atoms in total. The summed E-state index contributed by atoms with van der Waals surface area (Å²) in [5.41, 5.74) is 3.89. The van der Waals surface area contributed by atoms with Crippen molar-refractivity contribution in [2.24, 2.45) is 0 Å². The van der Waals surface area contributed by atoms with Crippen LogP contribution in [0.2, 0.25) is 0 Å². The highest BCUT2D eigenvalue weighted by atomic mass is 32.2. The van der Waals surface area contributed by atoms with Crippen LogP contribution >= 0.6 is 20.3 Å². The zero-order valence-electron chi connectivity index (χ0n) is 19.6. The van der Waals surface area contributed by atoms with Crippen molar-refractivity contribution in [1.82, 2.24) is 4.90 Å². The molecule has 1 unspecified atom stereocenters.